The van der Waals surface area contributed by atoms with Crippen LogP contribution in [0.25, 0.3) is 0 Å². The van der Waals surface area contributed by atoms with Crippen LogP contribution in [-0.4, -0.2) is 49.2 Å². The molecule has 2 rings (SSSR count). The molecular weight excluding hydrogens is 368 g/mol. The number of nitrogens with one attached hydrogen (secondary N) is 1. The van der Waals surface area contributed by atoms with Gasteiger partial charge in [-0.1, -0.05) is 45.4 Å². The lowest BCUT2D eigenvalue weighted by atomic mass is 9.95. The zero-order chi connectivity index (χ0) is 20.2. The maximum atomic E-state index is 12.3. The summed E-state index contributed by atoms with van der Waals surface area (Å²) in [5.74, 6) is -0.115. The van der Waals surface area contributed by atoms with E-state index in [1.807, 2.05) is 20.8 Å². The van der Waals surface area contributed by atoms with Gasteiger partial charge in [0.1, 0.15) is 0 Å². The molecule has 0 amide bonds. The Bertz CT molecular complexity index is 753. The summed E-state index contributed by atoms with van der Waals surface area (Å²) in [5, 5.41) is 19.6. The first-order valence-electron chi connectivity index (χ1n) is 9.39. The van der Waals surface area contributed by atoms with Gasteiger partial charge in [-0.05, 0) is 12.3 Å². The van der Waals surface area contributed by atoms with Gasteiger partial charge in [-0.2, -0.15) is 0 Å². The molecule has 0 radical (unpaired) electrons. The standard InChI is InChI=1S/C18H30N4O4S/c1-4-7-17(18(13(2)3)27(19,25)26)21-11-10-20-15(12-21)14-8-5-6-9-16(14)22(23)24/h5-6,8-9,13,15,17-18,20H,4,7,10-12H2,1-3H3,(H2,19,25,26). The molecule has 3 N–H and O–H groups in total. The molecule has 1 aromatic rings. The van der Waals surface area contributed by atoms with Gasteiger partial charge in [0, 0.05) is 37.3 Å². The Morgan fingerprint density at radius 3 is 2.59 bits per heavy atom. The third-order valence-corrected chi connectivity index (χ3v) is 6.80. The fraction of sp³-hybridized carbons (Fsp3) is 0.667. The highest BCUT2D eigenvalue weighted by Crippen LogP contribution is 2.30. The predicted molar refractivity (Wildman–Crippen MR) is 106 cm³/mol. The smallest absolute Gasteiger partial charge is 0.274 e. The number of piperazine rings is 1. The van der Waals surface area contributed by atoms with Crippen LogP contribution in [0.1, 0.15) is 45.2 Å². The summed E-state index contributed by atoms with van der Waals surface area (Å²) in [7, 11) is -3.71. The van der Waals surface area contributed by atoms with E-state index in [-0.39, 0.29) is 28.6 Å². The quantitative estimate of drug-likeness (QED) is 0.511. The first-order valence-corrected chi connectivity index (χ1v) is 11.0. The van der Waals surface area contributed by atoms with Crippen molar-refractivity contribution in [3.63, 3.8) is 0 Å². The Morgan fingerprint density at radius 1 is 1.37 bits per heavy atom. The third-order valence-electron chi connectivity index (χ3n) is 5.18. The van der Waals surface area contributed by atoms with Crippen molar-refractivity contribution in [1.82, 2.24) is 10.2 Å². The van der Waals surface area contributed by atoms with Gasteiger partial charge in [-0.25, -0.2) is 13.6 Å². The molecule has 1 saturated heterocycles. The van der Waals surface area contributed by atoms with E-state index in [1.54, 1.807) is 18.2 Å². The summed E-state index contributed by atoms with van der Waals surface area (Å²) < 4.78 is 24.5. The molecule has 1 aliphatic rings. The largest absolute Gasteiger partial charge is 0.307 e. The van der Waals surface area contributed by atoms with Gasteiger partial charge < -0.3 is 5.32 Å². The molecule has 0 saturated carbocycles. The number of benzene rings is 1. The van der Waals surface area contributed by atoms with E-state index >= 15 is 0 Å². The topological polar surface area (TPSA) is 119 Å². The highest BCUT2D eigenvalue weighted by atomic mass is 32.2. The molecule has 152 valence electrons. The molecule has 1 heterocycles. The maximum Gasteiger partial charge on any atom is 0.274 e. The molecule has 3 atom stereocenters. The van der Waals surface area contributed by atoms with Gasteiger partial charge in [0.2, 0.25) is 10.0 Å². The third kappa shape index (κ3) is 5.25. The zero-order valence-electron chi connectivity index (χ0n) is 16.2. The molecule has 0 aromatic heterocycles. The Balaban J connectivity index is 2.33. The first-order chi connectivity index (χ1) is 12.7. The minimum Gasteiger partial charge on any atom is -0.307 e. The number of nitrogens with two attached hydrogens (primary N) is 1. The van der Waals surface area contributed by atoms with Crippen molar-refractivity contribution in [2.24, 2.45) is 11.1 Å². The van der Waals surface area contributed by atoms with E-state index in [4.69, 9.17) is 5.14 Å². The average molecular weight is 399 g/mol. The van der Waals surface area contributed by atoms with Gasteiger partial charge in [0.05, 0.1) is 16.2 Å². The molecule has 1 aliphatic heterocycles. The minimum atomic E-state index is -3.71. The summed E-state index contributed by atoms with van der Waals surface area (Å²) in [6.07, 6.45) is 1.55. The summed E-state index contributed by atoms with van der Waals surface area (Å²) in [6, 6.07) is 6.26. The lowest BCUT2D eigenvalue weighted by Crippen LogP contribution is -2.57. The Labute approximate surface area is 161 Å². The Hall–Kier alpha value is -1.55. The van der Waals surface area contributed by atoms with Crippen LogP contribution < -0.4 is 10.5 Å². The van der Waals surface area contributed by atoms with Crippen LogP contribution in [0.2, 0.25) is 0 Å². The van der Waals surface area contributed by atoms with Crippen LogP contribution in [0.4, 0.5) is 5.69 Å². The van der Waals surface area contributed by atoms with Gasteiger partial charge in [-0.15, -0.1) is 0 Å². The molecule has 27 heavy (non-hydrogen) atoms. The molecule has 9 heteroatoms. The van der Waals surface area contributed by atoms with Gasteiger partial charge in [0.15, 0.2) is 0 Å². The fourth-order valence-corrected chi connectivity index (χ4v) is 5.63. The minimum absolute atomic E-state index is 0.0794. The van der Waals surface area contributed by atoms with Crippen molar-refractivity contribution < 1.29 is 13.3 Å². The molecule has 0 bridgehead atoms. The van der Waals surface area contributed by atoms with E-state index in [0.29, 0.717) is 31.6 Å². The number of nitro benzene ring substituents is 1. The number of para-hydroxylation sites is 1. The normalized spacial score (nSPS) is 21.1. The van der Waals surface area contributed by atoms with E-state index < -0.39 is 15.3 Å². The Morgan fingerprint density at radius 2 is 2.04 bits per heavy atom. The number of rotatable bonds is 8. The monoisotopic (exact) mass is 398 g/mol. The molecular formula is C18H30N4O4S. The summed E-state index contributed by atoms with van der Waals surface area (Å²) in [6.45, 7) is 7.59. The molecule has 1 fully saturated rings. The van der Waals surface area contributed by atoms with Crippen molar-refractivity contribution in [2.75, 3.05) is 19.6 Å². The lowest BCUT2D eigenvalue weighted by Gasteiger charge is -2.42. The van der Waals surface area contributed by atoms with E-state index in [9.17, 15) is 18.5 Å². The van der Waals surface area contributed by atoms with Crippen molar-refractivity contribution in [3.05, 3.63) is 39.9 Å². The highest BCUT2D eigenvalue weighted by molar-refractivity contribution is 7.89. The molecule has 3 unspecified atom stereocenters. The molecule has 0 spiro atoms. The SMILES string of the molecule is CCCC(C(C(C)C)S(N)(=O)=O)N1CCNC(c2ccccc2[N+](=O)[O-])C1. The number of hydrogen-bond acceptors (Lipinski definition) is 6. The van der Waals surface area contributed by atoms with Crippen molar-refractivity contribution in [3.8, 4) is 0 Å². The van der Waals surface area contributed by atoms with E-state index in [2.05, 4.69) is 10.2 Å². The predicted octanol–water partition coefficient (Wildman–Crippen LogP) is 2.02. The fourth-order valence-electron chi connectivity index (χ4n) is 4.12. The van der Waals surface area contributed by atoms with Crippen LogP contribution in [-0.2, 0) is 10.0 Å². The average Bonchev–Trinajstić information content (AvgIpc) is 2.60. The number of primary sulfonamides is 1. The number of sulfonamides is 1. The lowest BCUT2D eigenvalue weighted by molar-refractivity contribution is -0.385. The number of nitrogens with zero attached hydrogens (tertiary/aromatic N) is 2. The van der Waals surface area contributed by atoms with Gasteiger partial charge >= 0.3 is 0 Å². The van der Waals surface area contributed by atoms with Crippen LogP contribution in [0.5, 0.6) is 0 Å². The van der Waals surface area contributed by atoms with E-state index in [1.165, 1.54) is 6.07 Å². The molecule has 8 nitrogen and oxygen atoms in total. The van der Waals surface area contributed by atoms with Gasteiger partial charge in [-0.3, -0.25) is 15.0 Å². The molecule has 0 aliphatic carbocycles. The van der Waals surface area contributed by atoms with Crippen LogP contribution in [0, 0.1) is 16.0 Å². The highest BCUT2D eigenvalue weighted by Gasteiger charge is 2.39. The van der Waals surface area contributed by atoms with E-state index in [0.717, 1.165) is 6.42 Å². The van der Waals surface area contributed by atoms with Crippen molar-refractivity contribution >= 4 is 15.7 Å². The first kappa shape index (κ1) is 21.7. The second-order valence-corrected chi connectivity index (χ2v) is 9.19. The zero-order valence-corrected chi connectivity index (χ0v) is 17.0. The second kappa shape index (κ2) is 9.09. The maximum absolute atomic E-state index is 12.3. The number of hydrogen-bond donors (Lipinski definition) is 2. The summed E-state index contributed by atoms with van der Waals surface area (Å²) >= 11 is 0. The number of nitro groups is 1. The van der Waals surface area contributed by atoms with Crippen LogP contribution in [0.15, 0.2) is 24.3 Å². The second-order valence-electron chi connectivity index (χ2n) is 7.47. The van der Waals surface area contributed by atoms with Crippen molar-refractivity contribution in [1.29, 1.82) is 0 Å². The van der Waals surface area contributed by atoms with Crippen LogP contribution in [0.3, 0.4) is 0 Å². The molecule has 1 aromatic carbocycles. The summed E-state index contributed by atoms with van der Waals surface area (Å²) in [5.41, 5.74) is 0.704. The van der Waals surface area contributed by atoms with Gasteiger partial charge in [0.25, 0.3) is 5.69 Å². The van der Waals surface area contributed by atoms with Crippen molar-refractivity contribution in [2.45, 2.75) is 50.9 Å². The summed E-state index contributed by atoms with van der Waals surface area (Å²) in [4.78, 5) is 13.1. The Kier molecular flexibility index (Phi) is 7.32. The van der Waals surface area contributed by atoms with Crippen LogP contribution >= 0.6 is 0 Å².